The van der Waals surface area contributed by atoms with E-state index >= 15 is 0 Å². The number of anilines is 1. The molecule has 0 saturated heterocycles. The Morgan fingerprint density at radius 3 is 2.53 bits per heavy atom. The highest BCUT2D eigenvalue weighted by Crippen LogP contribution is 2.33. The summed E-state index contributed by atoms with van der Waals surface area (Å²) in [5.41, 5.74) is 0.589. The molecule has 1 aromatic rings. The van der Waals surface area contributed by atoms with E-state index < -0.39 is 0 Å². The fourth-order valence-electron chi connectivity index (χ4n) is 1.09. The van der Waals surface area contributed by atoms with Crippen LogP contribution in [0, 0.1) is 0 Å². The van der Waals surface area contributed by atoms with Gasteiger partial charge in [-0.25, -0.2) is 0 Å². The summed E-state index contributed by atoms with van der Waals surface area (Å²) in [6.07, 6.45) is 0. The van der Waals surface area contributed by atoms with Crippen LogP contribution < -0.4 is 10.6 Å². The van der Waals surface area contributed by atoms with Crippen molar-refractivity contribution in [1.29, 1.82) is 0 Å². The number of hydrogen-bond acceptors (Lipinski definition) is 2. The Hall–Kier alpha value is -0.0700. The van der Waals surface area contributed by atoms with Crippen molar-refractivity contribution in [3.63, 3.8) is 0 Å². The Balaban J connectivity index is 2.65. The monoisotopic (exact) mass is 356 g/mol. The third-order valence-electron chi connectivity index (χ3n) is 1.84. The van der Waals surface area contributed by atoms with Crippen molar-refractivity contribution in [3.8, 4) is 0 Å². The van der Waals surface area contributed by atoms with Gasteiger partial charge in [-0.3, -0.25) is 0 Å². The standard InChI is InChI=1S/C10H11BrCl2N2OS/c1-16-3-2-14-10(17)15-9-7(12)4-6(11)5-8(9)13/h4-5H,2-3H2,1H3,(H2,14,15,17). The summed E-state index contributed by atoms with van der Waals surface area (Å²) >= 11 is 20.5. The molecule has 0 aliphatic rings. The van der Waals surface area contributed by atoms with Crippen molar-refractivity contribution in [3.05, 3.63) is 26.7 Å². The summed E-state index contributed by atoms with van der Waals surface area (Å²) in [6.45, 7) is 1.19. The van der Waals surface area contributed by atoms with Crippen LogP contribution in [-0.4, -0.2) is 25.4 Å². The Labute approximate surface area is 124 Å². The minimum absolute atomic E-state index is 0.452. The topological polar surface area (TPSA) is 33.3 Å². The molecule has 0 atom stereocenters. The van der Waals surface area contributed by atoms with Crippen LogP contribution in [0.25, 0.3) is 0 Å². The van der Waals surface area contributed by atoms with Crippen LogP contribution in [0.4, 0.5) is 5.69 Å². The van der Waals surface area contributed by atoms with E-state index in [0.717, 1.165) is 4.47 Å². The third-order valence-corrected chi connectivity index (χ3v) is 3.14. The molecule has 7 heteroatoms. The molecule has 94 valence electrons. The van der Waals surface area contributed by atoms with Crippen molar-refractivity contribution in [1.82, 2.24) is 5.32 Å². The summed E-state index contributed by atoms with van der Waals surface area (Å²) < 4.78 is 5.71. The number of methoxy groups -OCH3 is 1. The smallest absolute Gasteiger partial charge is 0.170 e. The molecule has 0 bridgehead atoms. The van der Waals surface area contributed by atoms with Gasteiger partial charge in [0.15, 0.2) is 5.11 Å². The second-order valence-electron chi connectivity index (χ2n) is 3.12. The maximum atomic E-state index is 6.05. The second kappa shape index (κ2) is 7.38. The number of thiocarbonyl (C=S) groups is 1. The number of nitrogens with one attached hydrogen (secondary N) is 2. The highest BCUT2D eigenvalue weighted by atomic mass is 79.9. The average molecular weight is 358 g/mol. The molecule has 0 saturated carbocycles. The third kappa shape index (κ3) is 4.97. The zero-order valence-electron chi connectivity index (χ0n) is 9.02. The van der Waals surface area contributed by atoms with E-state index in [4.69, 9.17) is 40.2 Å². The Kier molecular flexibility index (Phi) is 6.51. The molecular weight excluding hydrogens is 347 g/mol. The SMILES string of the molecule is COCCNC(=S)Nc1c(Cl)cc(Br)cc1Cl. The number of benzene rings is 1. The molecule has 0 amide bonds. The first-order valence-corrected chi connectivity index (χ1v) is 6.68. The lowest BCUT2D eigenvalue weighted by molar-refractivity contribution is 0.204. The molecule has 0 aliphatic heterocycles. The lowest BCUT2D eigenvalue weighted by atomic mass is 10.3. The van der Waals surface area contributed by atoms with Gasteiger partial charge in [0.2, 0.25) is 0 Å². The normalized spacial score (nSPS) is 10.1. The minimum Gasteiger partial charge on any atom is -0.383 e. The van der Waals surface area contributed by atoms with Crippen LogP contribution in [-0.2, 0) is 4.74 Å². The largest absolute Gasteiger partial charge is 0.383 e. The molecule has 1 rings (SSSR count). The fraction of sp³-hybridized carbons (Fsp3) is 0.300. The van der Waals surface area contributed by atoms with Crippen LogP contribution in [0.3, 0.4) is 0 Å². The summed E-state index contributed by atoms with van der Waals surface area (Å²) in [7, 11) is 1.63. The second-order valence-corrected chi connectivity index (χ2v) is 5.26. The van der Waals surface area contributed by atoms with Gasteiger partial charge >= 0.3 is 0 Å². The fourth-order valence-corrected chi connectivity index (χ4v) is 2.59. The van der Waals surface area contributed by atoms with Crippen LogP contribution in [0.2, 0.25) is 10.0 Å². The van der Waals surface area contributed by atoms with Crippen molar-refractivity contribution in [2.24, 2.45) is 0 Å². The van der Waals surface area contributed by atoms with E-state index in [1.54, 1.807) is 19.2 Å². The highest BCUT2D eigenvalue weighted by Gasteiger charge is 2.08. The van der Waals surface area contributed by atoms with E-state index in [1.807, 2.05) is 0 Å². The van der Waals surface area contributed by atoms with Gasteiger partial charge in [-0.2, -0.15) is 0 Å². The summed E-state index contributed by atoms with van der Waals surface area (Å²) in [4.78, 5) is 0. The zero-order chi connectivity index (χ0) is 12.8. The van der Waals surface area contributed by atoms with Crippen LogP contribution in [0.5, 0.6) is 0 Å². The van der Waals surface area contributed by atoms with Gasteiger partial charge in [0.05, 0.1) is 22.3 Å². The molecule has 0 spiro atoms. The van der Waals surface area contributed by atoms with E-state index in [-0.39, 0.29) is 0 Å². The van der Waals surface area contributed by atoms with Crippen molar-refractivity contribution < 1.29 is 4.74 Å². The summed E-state index contributed by atoms with van der Waals surface area (Å²) in [5.74, 6) is 0. The zero-order valence-corrected chi connectivity index (χ0v) is 12.9. The van der Waals surface area contributed by atoms with E-state index in [2.05, 4.69) is 26.6 Å². The van der Waals surface area contributed by atoms with E-state index in [9.17, 15) is 0 Å². The molecule has 17 heavy (non-hydrogen) atoms. The number of halogens is 3. The van der Waals surface area contributed by atoms with Gasteiger partial charge in [0.25, 0.3) is 0 Å². The molecule has 2 N–H and O–H groups in total. The first-order chi connectivity index (χ1) is 8.04. The summed E-state index contributed by atoms with van der Waals surface area (Å²) in [5, 5.41) is 7.36. The quantitative estimate of drug-likeness (QED) is 0.636. The predicted octanol–water partition coefficient (Wildman–Crippen LogP) is 3.69. The molecule has 0 fully saturated rings. The molecule has 1 aromatic carbocycles. The predicted molar refractivity (Wildman–Crippen MR) is 80.3 cm³/mol. The van der Waals surface area contributed by atoms with Crippen molar-refractivity contribution >= 4 is 62.1 Å². The van der Waals surface area contributed by atoms with Crippen LogP contribution in [0.15, 0.2) is 16.6 Å². The van der Waals surface area contributed by atoms with Crippen LogP contribution >= 0.6 is 51.3 Å². The Morgan fingerprint density at radius 2 is 2.00 bits per heavy atom. The van der Waals surface area contributed by atoms with Crippen molar-refractivity contribution in [2.45, 2.75) is 0 Å². The maximum Gasteiger partial charge on any atom is 0.170 e. The lowest BCUT2D eigenvalue weighted by Gasteiger charge is -2.13. The van der Waals surface area contributed by atoms with Crippen LogP contribution in [0.1, 0.15) is 0 Å². The highest BCUT2D eigenvalue weighted by molar-refractivity contribution is 9.10. The Bertz CT molecular complexity index is 394. The first kappa shape index (κ1) is 15.0. The molecule has 0 aliphatic carbocycles. The van der Waals surface area contributed by atoms with Gasteiger partial charge < -0.3 is 15.4 Å². The number of rotatable bonds is 4. The first-order valence-electron chi connectivity index (χ1n) is 4.73. The van der Waals surface area contributed by atoms with Crippen molar-refractivity contribution in [2.75, 3.05) is 25.6 Å². The number of hydrogen-bond donors (Lipinski definition) is 2. The molecule has 0 unspecified atom stereocenters. The maximum absolute atomic E-state index is 6.05. The van der Waals surface area contributed by atoms with Gasteiger partial charge in [0, 0.05) is 18.1 Å². The van der Waals surface area contributed by atoms with Gasteiger partial charge in [-0.1, -0.05) is 39.1 Å². The molecule has 0 aromatic heterocycles. The minimum atomic E-state index is 0.452. The van der Waals surface area contributed by atoms with E-state index in [1.165, 1.54) is 0 Å². The average Bonchev–Trinajstić information content (AvgIpc) is 2.24. The lowest BCUT2D eigenvalue weighted by Crippen LogP contribution is -2.31. The van der Waals surface area contributed by atoms with Gasteiger partial charge in [-0.15, -0.1) is 0 Å². The van der Waals surface area contributed by atoms with E-state index in [0.29, 0.717) is 34.0 Å². The molecular formula is C10H11BrCl2N2OS. The summed E-state index contributed by atoms with van der Waals surface area (Å²) in [6, 6.07) is 3.49. The number of ether oxygens (including phenoxy) is 1. The van der Waals surface area contributed by atoms with Gasteiger partial charge in [-0.05, 0) is 24.4 Å². The molecule has 0 heterocycles. The van der Waals surface area contributed by atoms with Gasteiger partial charge in [0.1, 0.15) is 0 Å². The molecule has 0 radical (unpaired) electrons. The molecule has 3 nitrogen and oxygen atoms in total. The Morgan fingerprint density at radius 1 is 1.41 bits per heavy atom.